The summed E-state index contributed by atoms with van der Waals surface area (Å²) < 4.78 is 29.8. The van der Waals surface area contributed by atoms with E-state index in [1.165, 1.54) is 12.1 Å². The highest BCUT2D eigenvalue weighted by atomic mass is 19.1. The van der Waals surface area contributed by atoms with Gasteiger partial charge in [-0.05, 0) is 68.7 Å². The summed E-state index contributed by atoms with van der Waals surface area (Å²) in [5.41, 5.74) is 2.46. The molecule has 1 aliphatic heterocycles. The van der Waals surface area contributed by atoms with Gasteiger partial charge in [-0.1, -0.05) is 6.07 Å². The fraction of sp³-hybridized carbons (Fsp3) is 0.444. The van der Waals surface area contributed by atoms with Gasteiger partial charge in [0, 0.05) is 41.9 Å². The summed E-state index contributed by atoms with van der Waals surface area (Å²) >= 11 is 0. The van der Waals surface area contributed by atoms with Crippen molar-refractivity contribution in [2.24, 2.45) is 11.3 Å². The van der Waals surface area contributed by atoms with Crippen LogP contribution in [0.25, 0.3) is 11.0 Å². The molecule has 3 heterocycles. The lowest BCUT2D eigenvalue weighted by Crippen LogP contribution is -2.39. The normalized spacial score (nSPS) is 22.3. The molecule has 35 heavy (non-hydrogen) atoms. The number of aromatic nitrogens is 2. The molecule has 0 bridgehead atoms. The summed E-state index contributed by atoms with van der Waals surface area (Å²) in [5, 5.41) is 10.5. The molecule has 2 aliphatic rings. The Morgan fingerprint density at radius 2 is 1.97 bits per heavy atom. The number of amides is 1. The molecule has 1 N–H and O–H groups in total. The van der Waals surface area contributed by atoms with E-state index >= 15 is 0 Å². The summed E-state index contributed by atoms with van der Waals surface area (Å²) in [6.07, 6.45) is 5.45. The third-order valence-electron chi connectivity index (χ3n) is 7.90. The number of hydrogen-bond donors (Lipinski definition) is 1. The third-order valence-corrected chi connectivity index (χ3v) is 7.90. The Morgan fingerprint density at radius 1 is 1.20 bits per heavy atom. The summed E-state index contributed by atoms with van der Waals surface area (Å²) in [7, 11) is 0. The van der Waals surface area contributed by atoms with E-state index in [0.29, 0.717) is 44.3 Å². The first-order valence-corrected chi connectivity index (χ1v) is 12.2. The van der Waals surface area contributed by atoms with Gasteiger partial charge >= 0.3 is 5.97 Å². The molecular weight excluding hydrogens is 452 g/mol. The highest BCUT2D eigenvalue weighted by molar-refractivity contribution is 5.84. The first kappa shape index (κ1) is 23.5. The largest absolute Gasteiger partial charge is 0.481 e. The van der Waals surface area contributed by atoms with Gasteiger partial charge in [0.25, 0.3) is 0 Å². The van der Waals surface area contributed by atoms with Crippen molar-refractivity contribution in [3.05, 3.63) is 65.0 Å². The molecule has 6 nitrogen and oxygen atoms in total. The average molecular weight is 482 g/mol. The summed E-state index contributed by atoms with van der Waals surface area (Å²) in [6, 6.07) is 7.45. The minimum absolute atomic E-state index is 0.0670. The van der Waals surface area contributed by atoms with Gasteiger partial charge in [0.15, 0.2) is 0 Å². The van der Waals surface area contributed by atoms with Crippen molar-refractivity contribution < 1.29 is 23.5 Å². The molecular formula is C27H29F2N3O3. The monoisotopic (exact) mass is 481 g/mol. The van der Waals surface area contributed by atoms with Crippen molar-refractivity contribution in [1.82, 2.24) is 14.5 Å². The minimum Gasteiger partial charge on any atom is -0.481 e. The molecule has 0 radical (unpaired) electrons. The van der Waals surface area contributed by atoms with E-state index in [4.69, 9.17) is 0 Å². The van der Waals surface area contributed by atoms with Crippen molar-refractivity contribution in [2.45, 2.75) is 58.5 Å². The Bertz CT molecular complexity index is 1290. The fourth-order valence-electron chi connectivity index (χ4n) is 5.57. The number of carbonyl (C=O) groups is 2. The second kappa shape index (κ2) is 9.06. The molecule has 3 aromatic rings. The van der Waals surface area contributed by atoms with Gasteiger partial charge in [0.2, 0.25) is 5.91 Å². The lowest BCUT2D eigenvalue weighted by atomic mass is 9.71. The molecule has 1 aliphatic carbocycles. The Labute approximate surface area is 202 Å². The topological polar surface area (TPSA) is 75.4 Å². The first-order valence-electron chi connectivity index (χ1n) is 12.2. The minimum atomic E-state index is -0.759. The Hall–Kier alpha value is -3.29. The summed E-state index contributed by atoms with van der Waals surface area (Å²) in [5.74, 6) is -1.72. The van der Waals surface area contributed by atoms with Crippen LogP contribution in [0, 0.1) is 23.0 Å². The quantitative estimate of drug-likeness (QED) is 0.561. The highest BCUT2D eigenvalue weighted by Gasteiger charge is 2.38. The van der Waals surface area contributed by atoms with Crippen LogP contribution in [0.1, 0.15) is 55.8 Å². The molecule has 1 saturated carbocycles. The van der Waals surface area contributed by atoms with Crippen LogP contribution in [0.5, 0.6) is 0 Å². The lowest BCUT2D eigenvalue weighted by Gasteiger charge is -2.35. The molecule has 1 aromatic carbocycles. The molecule has 0 saturated heterocycles. The highest BCUT2D eigenvalue weighted by Crippen LogP contribution is 2.40. The molecule has 0 atom stereocenters. The smallest absolute Gasteiger partial charge is 0.309 e. The van der Waals surface area contributed by atoms with Crippen LogP contribution >= 0.6 is 0 Å². The zero-order chi connectivity index (χ0) is 24.7. The number of aliphatic carboxylic acids is 1. The van der Waals surface area contributed by atoms with Crippen molar-refractivity contribution in [2.75, 3.05) is 6.54 Å². The number of benzene rings is 1. The van der Waals surface area contributed by atoms with Crippen LogP contribution in [-0.4, -0.2) is 38.0 Å². The molecule has 0 spiro atoms. The number of fused-ring (bicyclic) bond motifs is 3. The number of hydrogen-bond acceptors (Lipinski definition) is 3. The lowest BCUT2D eigenvalue weighted by molar-refractivity contribution is -0.150. The zero-order valence-electron chi connectivity index (χ0n) is 19.8. The standard InChI is InChI=1S/C27H29F2N3O3/c1-27(26(34)35)9-6-17(7-10-27)13-24(33)31-12-8-20-21-3-2-11-30-25(21)32(23(20)16-31)15-18-4-5-19(28)14-22(18)29/h2-5,11,14,17H,6-10,12-13,15-16H2,1H3,(H,34,35). The maximum absolute atomic E-state index is 14.5. The Balaban J connectivity index is 1.36. The second-order valence-electron chi connectivity index (χ2n) is 10.2. The van der Waals surface area contributed by atoms with Crippen molar-refractivity contribution >= 4 is 22.9 Å². The maximum atomic E-state index is 14.5. The van der Waals surface area contributed by atoms with Crippen LogP contribution in [0.3, 0.4) is 0 Å². The van der Waals surface area contributed by atoms with Crippen LogP contribution in [0.4, 0.5) is 8.78 Å². The summed E-state index contributed by atoms with van der Waals surface area (Å²) in [6.45, 7) is 3.00. The molecule has 1 fully saturated rings. The van der Waals surface area contributed by atoms with Crippen LogP contribution in [-0.2, 0) is 29.1 Å². The average Bonchev–Trinajstić information content (AvgIpc) is 3.15. The SMILES string of the molecule is CC1(C(=O)O)CCC(CC(=O)N2CCc3c(n(Cc4ccc(F)cc4F)c4ncccc34)C2)CC1. The third kappa shape index (κ3) is 4.42. The van der Waals surface area contributed by atoms with E-state index in [-0.39, 0.29) is 18.4 Å². The van der Waals surface area contributed by atoms with Gasteiger partial charge in [-0.15, -0.1) is 0 Å². The molecule has 5 rings (SSSR count). The van der Waals surface area contributed by atoms with Crippen LogP contribution < -0.4 is 0 Å². The van der Waals surface area contributed by atoms with Crippen LogP contribution in [0.2, 0.25) is 0 Å². The van der Waals surface area contributed by atoms with Crippen molar-refractivity contribution in [3.63, 3.8) is 0 Å². The number of nitrogens with zero attached hydrogens (tertiary/aromatic N) is 3. The van der Waals surface area contributed by atoms with Crippen LogP contribution in [0.15, 0.2) is 36.5 Å². The van der Waals surface area contributed by atoms with Gasteiger partial charge < -0.3 is 14.6 Å². The van der Waals surface area contributed by atoms with Gasteiger partial charge in [0.05, 0.1) is 18.5 Å². The predicted molar refractivity (Wildman–Crippen MR) is 127 cm³/mol. The molecule has 2 aromatic heterocycles. The second-order valence-corrected chi connectivity index (χ2v) is 10.2. The molecule has 0 unspecified atom stereocenters. The molecule has 8 heteroatoms. The molecule has 1 amide bonds. The first-order chi connectivity index (χ1) is 16.7. The number of carboxylic acid groups (broad SMARTS) is 1. The van der Waals surface area contributed by atoms with Crippen molar-refractivity contribution in [1.29, 1.82) is 0 Å². The Kier molecular flexibility index (Phi) is 6.07. The van der Waals surface area contributed by atoms with Gasteiger partial charge in [0.1, 0.15) is 17.3 Å². The van der Waals surface area contributed by atoms with Gasteiger partial charge in [-0.2, -0.15) is 0 Å². The van der Waals surface area contributed by atoms with E-state index < -0.39 is 23.0 Å². The maximum Gasteiger partial charge on any atom is 0.309 e. The number of pyridine rings is 1. The molecule has 184 valence electrons. The van der Waals surface area contributed by atoms with E-state index in [2.05, 4.69) is 4.98 Å². The van der Waals surface area contributed by atoms with E-state index in [1.807, 2.05) is 21.6 Å². The number of carbonyl (C=O) groups excluding carboxylic acids is 1. The van der Waals surface area contributed by atoms with Gasteiger partial charge in [-0.3, -0.25) is 9.59 Å². The van der Waals surface area contributed by atoms with Crippen molar-refractivity contribution in [3.8, 4) is 0 Å². The number of carboxylic acids is 1. The number of rotatable bonds is 5. The summed E-state index contributed by atoms with van der Waals surface area (Å²) in [4.78, 5) is 31.1. The van der Waals surface area contributed by atoms with E-state index in [9.17, 15) is 23.5 Å². The van der Waals surface area contributed by atoms with E-state index in [1.54, 1.807) is 13.1 Å². The zero-order valence-corrected chi connectivity index (χ0v) is 19.8. The predicted octanol–water partition coefficient (Wildman–Crippen LogP) is 4.92. The Morgan fingerprint density at radius 3 is 2.69 bits per heavy atom. The fourth-order valence-corrected chi connectivity index (χ4v) is 5.57. The van der Waals surface area contributed by atoms with E-state index in [0.717, 1.165) is 41.2 Å². The number of halogens is 2. The van der Waals surface area contributed by atoms with Gasteiger partial charge in [-0.25, -0.2) is 13.8 Å².